The van der Waals surface area contributed by atoms with Crippen LogP contribution in [0.5, 0.6) is 5.75 Å². The molecule has 0 spiro atoms. The third-order valence-electron chi connectivity index (χ3n) is 4.23. The molecule has 172 valence electrons. The summed E-state index contributed by atoms with van der Waals surface area (Å²) in [6.07, 6.45) is -2.94. The average Bonchev–Trinajstić information content (AvgIpc) is 2.78. The van der Waals surface area contributed by atoms with Crippen molar-refractivity contribution in [3.63, 3.8) is 0 Å². The molecule has 1 heterocycles. The maximum absolute atomic E-state index is 12.6. The first-order valence-corrected chi connectivity index (χ1v) is 11.1. The lowest BCUT2D eigenvalue weighted by atomic mass is 10.2. The van der Waals surface area contributed by atoms with E-state index in [2.05, 4.69) is 15.5 Å². The first-order chi connectivity index (χ1) is 15.6. The van der Waals surface area contributed by atoms with Crippen molar-refractivity contribution in [2.75, 3.05) is 5.75 Å². The molecule has 0 saturated carbocycles. The minimum atomic E-state index is -4.65. The topological polar surface area (TPSA) is 97.7 Å². The van der Waals surface area contributed by atoms with Gasteiger partial charge in [-0.1, -0.05) is 30.3 Å². The van der Waals surface area contributed by atoms with Gasteiger partial charge < -0.3 is 4.74 Å². The Morgan fingerprint density at radius 2 is 1.73 bits per heavy atom. The minimum absolute atomic E-state index is 0.399. The lowest BCUT2D eigenvalue weighted by Crippen LogP contribution is -2.27. The van der Waals surface area contributed by atoms with E-state index in [-0.39, 0.29) is 0 Å². The lowest BCUT2D eigenvalue weighted by molar-refractivity contribution is -0.137. The molecule has 3 rings (SSSR count). The van der Waals surface area contributed by atoms with Gasteiger partial charge in [0, 0.05) is 6.20 Å². The van der Waals surface area contributed by atoms with E-state index in [1.165, 1.54) is 6.21 Å². The number of alkyl halides is 3. The summed E-state index contributed by atoms with van der Waals surface area (Å²) in [6.45, 7) is 0.409. The number of amides is 1. The lowest BCUT2D eigenvalue weighted by Gasteiger charge is -2.07. The quantitative estimate of drug-likeness (QED) is 0.395. The minimum Gasteiger partial charge on any atom is -0.489 e. The van der Waals surface area contributed by atoms with Gasteiger partial charge in [0.05, 0.1) is 11.8 Å². The molecule has 1 N–H and O–H groups in total. The van der Waals surface area contributed by atoms with Crippen LogP contribution in [0.2, 0.25) is 0 Å². The number of carbonyl (C=O) groups is 1. The molecule has 7 nitrogen and oxygen atoms in total. The Balaban J connectivity index is 1.51. The average molecular weight is 477 g/mol. The zero-order valence-corrected chi connectivity index (χ0v) is 17.8. The van der Waals surface area contributed by atoms with Crippen molar-refractivity contribution < 1.29 is 31.1 Å². The second-order valence-electron chi connectivity index (χ2n) is 6.78. The highest BCUT2D eigenvalue weighted by atomic mass is 32.2. The molecule has 0 fully saturated rings. The Hall–Kier alpha value is -3.73. The maximum Gasteiger partial charge on any atom is 0.417 e. The van der Waals surface area contributed by atoms with Gasteiger partial charge >= 0.3 is 6.18 Å². The third-order valence-corrected chi connectivity index (χ3v) is 5.76. The summed E-state index contributed by atoms with van der Waals surface area (Å²) >= 11 is 0. The number of nitrogens with zero attached hydrogens (tertiary/aromatic N) is 2. The van der Waals surface area contributed by atoms with Crippen LogP contribution in [0.25, 0.3) is 0 Å². The molecule has 11 heteroatoms. The predicted octanol–water partition coefficient (Wildman–Crippen LogP) is 3.60. The molecular weight excluding hydrogens is 459 g/mol. The largest absolute Gasteiger partial charge is 0.489 e. The number of hydrogen-bond acceptors (Lipinski definition) is 6. The van der Waals surface area contributed by atoms with Gasteiger partial charge in [0.15, 0.2) is 5.03 Å². The van der Waals surface area contributed by atoms with Crippen molar-refractivity contribution in [1.82, 2.24) is 10.4 Å². The molecule has 0 atom stereocenters. The highest BCUT2D eigenvalue weighted by molar-refractivity contribution is 7.92. The molecule has 1 amide bonds. The summed E-state index contributed by atoms with van der Waals surface area (Å²) in [5.41, 5.74) is 2.62. The van der Waals surface area contributed by atoms with Crippen LogP contribution in [0.15, 0.2) is 83.1 Å². The molecular formula is C22H18F3N3O4S. The van der Waals surface area contributed by atoms with E-state index in [0.29, 0.717) is 36.2 Å². The van der Waals surface area contributed by atoms with Crippen LogP contribution in [-0.2, 0) is 27.4 Å². The fourth-order valence-corrected chi connectivity index (χ4v) is 3.63. The second kappa shape index (κ2) is 10.3. The Morgan fingerprint density at radius 3 is 2.33 bits per heavy atom. The highest BCUT2D eigenvalue weighted by Crippen LogP contribution is 2.28. The van der Waals surface area contributed by atoms with Gasteiger partial charge in [-0.3, -0.25) is 4.79 Å². The number of nitrogens with one attached hydrogen (secondary N) is 1. The maximum atomic E-state index is 12.6. The van der Waals surface area contributed by atoms with E-state index in [0.717, 1.165) is 5.56 Å². The number of carbonyl (C=O) groups excluding carboxylic acids is 1. The SMILES string of the molecule is O=C(CS(=O)(=O)c1ccc(C(F)(F)F)cn1)N/N=C/c1ccc(OCc2ccccc2)cc1. The molecule has 0 unspecified atom stereocenters. The number of sulfone groups is 1. The van der Waals surface area contributed by atoms with Gasteiger partial charge in [-0.05, 0) is 47.5 Å². The number of ether oxygens (including phenoxy) is 1. The number of benzene rings is 2. The van der Waals surface area contributed by atoms with Gasteiger partial charge in [0.2, 0.25) is 9.84 Å². The number of rotatable bonds is 8. The molecule has 1 aromatic heterocycles. The highest BCUT2D eigenvalue weighted by Gasteiger charge is 2.31. The molecule has 0 saturated heterocycles. The molecule has 33 heavy (non-hydrogen) atoms. The fourth-order valence-electron chi connectivity index (χ4n) is 2.58. The Kier molecular flexibility index (Phi) is 7.44. The summed E-state index contributed by atoms with van der Waals surface area (Å²) in [4.78, 5) is 15.2. The Labute approximate surface area is 187 Å². The monoisotopic (exact) mass is 477 g/mol. The van der Waals surface area contributed by atoms with E-state index in [9.17, 15) is 26.4 Å². The molecule has 0 aliphatic heterocycles. The number of pyridine rings is 1. The Bertz CT molecular complexity index is 1210. The standard InChI is InChI=1S/C22H18F3N3O4S/c23-22(24,25)18-8-11-21(26-13-18)33(30,31)15-20(29)28-27-12-16-6-9-19(10-7-16)32-14-17-4-2-1-3-5-17/h1-13H,14-15H2,(H,28,29)/b27-12+. The molecule has 0 bridgehead atoms. The van der Waals surface area contributed by atoms with E-state index < -0.39 is 38.3 Å². The van der Waals surface area contributed by atoms with Crippen molar-refractivity contribution in [3.8, 4) is 5.75 Å². The summed E-state index contributed by atoms with van der Waals surface area (Å²) in [6, 6.07) is 17.7. The smallest absolute Gasteiger partial charge is 0.417 e. The molecule has 0 aliphatic carbocycles. The third kappa shape index (κ3) is 7.14. The number of halogens is 3. The Morgan fingerprint density at radius 1 is 1.03 bits per heavy atom. The molecule has 3 aromatic rings. The first kappa shape index (κ1) is 23.9. The van der Waals surface area contributed by atoms with Gasteiger partial charge in [-0.15, -0.1) is 0 Å². The van der Waals surface area contributed by atoms with Gasteiger partial charge in [-0.2, -0.15) is 18.3 Å². The second-order valence-corrected chi connectivity index (χ2v) is 8.71. The van der Waals surface area contributed by atoms with Crippen molar-refractivity contribution in [3.05, 3.63) is 89.6 Å². The van der Waals surface area contributed by atoms with Crippen LogP contribution in [0, 0.1) is 0 Å². The van der Waals surface area contributed by atoms with Gasteiger partial charge in [-0.25, -0.2) is 18.8 Å². The predicted molar refractivity (Wildman–Crippen MR) is 114 cm³/mol. The van der Waals surface area contributed by atoms with Crippen molar-refractivity contribution >= 4 is 22.0 Å². The van der Waals surface area contributed by atoms with E-state index in [1.807, 2.05) is 30.3 Å². The van der Waals surface area contributed by atoms with E-state index >= 15 is 0 Å². The summed E-state index contributed by atoms with van der Waals surface area (Å²) in [7, 11) is -4.23. The van der Waals surface area contributed by atoms with Crippen LogP contribution in [-0.4, -0.2) is 31.3 Å². The zero-order valence-electron chi connectivity index (χ0n) is 17.0. The van der Waals surface area contributed by atoms with Crippen LogP contribution in [0.3, 0.4) is 0 Å². The summed E-state index contributed by atoms with van der Waals surface area (Å²) in [5.74, 6) is -1.35. The van der Waals surface area contributed by atoms with Crippen molar-refractivity contribution in [2.45, 2.75) is 17.8 Å². The number of hydrogen-bond donors (Lipinski definition) is 1. The van der Waals surface area contributed by atoms with E-state index in [4.69, 9.17) is 4.74 Å². The first-order valence-electron chi connectivity index (χ1n) is 9.48. The van der Waals surface area contributed by atoms with Crippen LogP contribution in [0.4, 0.5) is 13.2 Å². The number of aromatic nitrogens is 1. The van der Waals surface area contributed by atoms with Crippen LogP contribution < -0.4 is 10.2 Å². The zero-order chi connectivity index (χ0) is 23.9. The van der Waals surface area contributed by atoms with E-state index in [1.54, 1.807) is 24.3 Å². The van der Waals surface area contributed by atoms with Crippen LogP contribution >= 0.6 is 0 Å². The fraction of sp³-hybridized carbons (Fsp3) is 0.136. The van der Waals surface area contributed by atoms with Crippen LogP contribution in [0.1, 0.15) is 16.7 Å². The summed E-state index contributed by atoms with van der Waals surface area (Å²) in [5, 5.41) is 3.05. The van der Waals surface area contributed by atoms with Gasteiger partial charge in [0.1, 0.15) is 18.1 Å². The summed E-state index contributed by atoms with van der Waals surface area (Å²) < 4.78 is 67.7. The number of hydrazone groups is 1. The normalized spacial score (nSPS) is 12.0. The van der Waals surface area contributed by atoms with Crippen molar-refractivity contribution in [2.24, 2.45) is 5.10 Å². The molecule has 0 aliphatic rings. The molecule has 0 radical (unpaired) electrons. The molecule has 2 aromatic carbocycles. The van der Waals surface area contributed by atoms with Crippen molar-refractivity contribution in [1.29, 1.82) is 0 Å². The van der Waals surface area contributed by atoms with Gasteiger partial charge in [0.25, 0.3) is 5.91 Å².